The highest BCUT2D eigenvalue weighted by Gasteiger charge is 2.07. The molecule has 2 aromatic carbocycles. The van der Waals surface area contributed by atoms with Crippen molar-refractivity contribution in [3.8, 4) is 0 Å². The van der Waals surface area contributed by atoms with Crippen LogP contribution in [0.4, 0.5) is 0 Å². The fraction of sp³-hybridized carbons (Fsp3) is 0.0625. The predicted octanol–water partition coefficient (Wildman–Crippen LogP) is 3.18. The minimum atomic E-state index is 0.579. The van der Waals surface area contributed by atoms with Gasteiger partial charge in [0.15, 0.2) is 12.7 Å². The molecule has 0 N–H and O–H groups in total. The maximum atomic E-state index is 7.93. The van der Waals surface area contributed by atoms with Crippen LogP contribution in [-0.4, -0.2) is 0 Å². The lowest BCUT2D eigenvalue weighted by molar-refractivity contribution is -0.662. The minimum Gasteiger partial charge on any atom is -0.194 e. The summed E-state index contributed by atoms with van der Waals surface area (Å²) < 4.78 is 10.1. The van der Waals surface area contributed by atoms with Crippen molar-refractivity contribution < 1.29 is 5.94 Å². The second kappa shape index (κ2) is 4.38. The third-order valence-corrected chi connectivity index (χ3v) is 2.90. The molecule has 0 aliphatic rings. The molecule has 1 heterocycles. The molecule has 0 radical (unpaired) electrons. The number of rotatable bonds is 2. The highest BCUT2D eigenvalue weighted by Crippen LogP contribution is 2.08. The van der Waals surface area contributed by atoms with Crippen LogP contribution in [-0.2, 0) is 6.54 Å². The van der Waals surface area contributed by atoms with Gasteiger partial charge in [0.05, 0.1) is 1.37 Å². The maximum Gasteiger partial charge on any atom is 0.212 e. The van der Waals surface area contributed by atoms with Gasteiger partial charge in [-0.1, -0.05) is 42.5 Å². The third-order valence-electron chi connectivity index (χ3n) is 2.90. The van der Waals surface area contributed by atoms with Gasteiger partial charge >= 0.3 is 0 Å². The SMILES string of the molecule is [2H]c1cc[n+](Cc2ccccc2)c2ccccc12. The first-order valence-corrected chi connectivity index (χ1v) is 5.76. The van der Waals surface area contributed by atoms with Crippen LogP contribution >= 0.6 is 0 Å². The van der Waals surface area contributed by atoms with Gasteiger partial charge in [-0.15, -0.1) is 0 Å². The lowest BCUT2D eigenvalue weighted by Gasteiger charge is -2.01. The van der Waals surface area contributed by atoms with E-state index < -0.39 is 0 Å². The first-order valence-electron chi connectivity index (χ1n) is 6.26. The van der Waals surface area contributed by atoms with Gasteiger partial charge in [-0.3, -0.25) is 0 Å². The van der Waals surface area contributed by atoms with Gasteiger partial charge in [0.25, 0.3) is 0 Å². The second-order valence-corrected chi connectivity index (χ2v) is 4.09. The van der Waals surface area contributed by atoms with Crippen LogP contribution < -0.4 is 4.57 Å². The molecule has 3 rings (SSSR count). The molecule has 0 amide bonds. The van der Waals surface area contributed by atoms with E-state index in [1.165, 1.54) is 5.56 Å². The van der Waals surface area contributed by atoms with Crippen LogP contribution in [0.5, 0.6) is 0 Å². The van der Waals surface area contributed by atoms with Crippen LogP contribution in [0.1, 0.15) is 6.93 Å². The molecule has 0 fully saturated rings. The average Bonchev–Trinajstić information content (AvgIpc) is 2.44. The zero-order chi connectivity index (χ0) is 12.4. The molecule has 0 saturated carbocycles. The molecule has 0 unspecified atom stereocenters. The lowest BCUT2D eigenvalue weighted by atomic mass is 10.2. The van der Waals surface area contributed by atoms with E-state index in [4.69, 9.17) is 1.37 Å². The van der Waals surface area contributed by atoms with Crippen molar-refractivity contribution >= 4 is 10.9 Å². The minimum absolute atomic E-state index is 0.579. The van der Waals surface area contributed by atoms with E-state index in [1.807, 2.05) is 36.5 Å². The van der Waals surface area contributed by atoms with E-state index in [0.717, 1.165) is 17.4 Å². The Morgan fingerprint density at radius 3 is 2.53 bits per heavy atom. The van der Waals surface area contributed by atoms with E-state index >= 15 is 0 Å². The summed E-state index contributed by atoms with van der Waals surface area (Å²) in [5.74, 6) is 0. The Morgan fingerprint density at radius 1 is 0.882 bits per heavy atom. The fourth-order valence-corrected chi connectivity index (χ4v) is 2.06. The summed E-state index contributed by atoms with van der Waals surface area (Å²) >= 11 is 0. The van der Waals surface area contributed by atoms with Crippen molar-refractivity contribution in [1.29, 1.82) is 0 Å². The summed E-state index contributed by atoms with van der Waals surface area (Å²) in [6.07, 6.45) is 1.98. The number of nitrogens with zero attached hydrogens (tertiary/aromatic N) is 1. The van der Waals surface area contributed by atoms with Crippen molar-refractivity contribution in [1.82, 2.24) is 0 Å². The van der Waals surface area contributed by atoms with Gasteiger partial charge in [-0.25, -0.2) is 0 Å². The van der Waals surface area contributed by atoms with Gasteiger partial charge in [0.2, 0.25) is 5.52 Å². The van der Waals surface area contributed by atoms with E-state index in [-0.39, 0.29) is 0 Å². The Bertz CT molecular complexity index is 677. The summed E-state index contributed by atoms with van der Waals surface area (Å²) in [4.78, 5) is 0. The van der Waals surface area contributed by atoms with Crippen LogP contribution in [0.25, 0.3) is 10.9 Å². The van der Waals surface area contributed by atoms with Gasteiger partial charge in [0.1, 0.15) is 0 Å². The van der Waals surface area contributed by atoms with E-state index in [2.05, 4.69) is 34.9 Å². The lowest BCUT2D eigenvalue weighted by Crippen LogP contribution is -2.34. The van der Waals surface area contributed by atoms with Crippen LogP contribution in [0, 0.1) is 0 Å². The van der Waals surface area contributed by atoms with E-state index in [0.29, 0.717) is 6.04 Å². The third kappa shape index (κ3) is 2.04. The van der Waals surface area contributed by atoms with Crippen molar-refractivity contribution in [2.24, 2.45) is 0 Å². The Labute approximate surface area is 102 Å². The highest BCUT2D eigenvalue weighted by molar-refractivity contribution is 5.74. The fourth-order valence-electron chi connectivity index (χ4n) is 2.06. The predicted molar refractivity (Wildman–Crippen MR) is 69.7 cm³/mol. The summed E-state index contributed by atoms with van der Waals surface area (Å²) in [6, 6.07) is 20.9. The Hall–Kier alpha value is -2.15. The standard InChI is InChI=1S/C16H14N/c1-2-7-14(8-3-1)13-17-12-6-10-15-9-4-5-11-16(15)17/h1-12H,13H2/q+1/i10D. The number of aromatic nitrogens is 1. The number of benzene rings is 2. The Balaban J connectivity index is 2.10. The van der Waals surface area contributed by atoms with Crippen LogP contribution in [0.15, 0.2) is 72.9 Å². The average molecular weight is 221 g/mol. The Morgan fingerprint density at radius 2 is 1.65 bits per heavy atom. The molecule has 0 saturated heterocycles. The van der Waals surface area contributed by atoms with Crippen molar-refractivity contribution in [2.75, 3.05) is 0 Å². The largest absolute Gasteiger partial charge is 0.212 e. The molecule has 1 heteroatoms. The Kier molecular flexibility index (Phi) is 2.30. The molecular formula is C16H14N+. The summed E-state index contributed by atoms with van der Waals surface area (Å²) in [5.41, 5.74) is 2.37. The number of para-hydroxylation sites is 1. The van der Waals surface area contributed by atoms with Gasteiger partial charge < -0.3 is 0 Å². The molecule has 0 atom stereocenters. The molecule has 1 nitrogen and oxygen atoms in total. The number of pyridine rings is 1. The second-order valence-electron chi connectivity index (χ2n) is 4.09. The first kappa shape index (κ1) is 8.94. The smallest absolute Gasteiger partial charge is 0.194 e. The number of hydrogen-bond donors (Lipinski definition) is 0. The van der Waals surface area contributed by atoms with E-state index in [9.17, 15) is 0 Å². The molecule has 0 aliphatic heterocycles. The van der Waals surface area contributed by atoms with Crippen LogP contribution in [0.2, 0.25) is 0 Å². The molecule has 1 aromatic heterocycles. The molecular weight excluding hydrogens is 206 g/mol. The first-order chi connectivity index (χ1) is 8.84. The monoisotopic (exact) mass is 221 g/mol. The molecule has 82 valence electrons. The molecule has 17 heavy (non-hydrogen) atoms. The zero-order valence-corrected chi connectivity index (χ0v) is 9.51. The van der Waals surface area contributed by atoms with Gasteiger partial charge in [-0.05, 0) is 12.1 Å². The van der Waals surface area contributed by atoms with E-state index in [1.54, 1.807) is 0 Å². The molecule has 0 bridgehead atoms. The number of hydrogen-bond acceptors (Lipinski definition) is 0. The topological polar surface area (TPSA) is 3.88 Å². The molecule has 0 spiro atoms. The van der Waals surface area contributed by atoms with Gasteiger partial charge in [-0.2, -0.15) is 4.57 Å². The molecule has 0 aliphatic carbocycles. The van der Waals surface area contributed by atoms with Crippen molar-refractivity contribution in [2.45, 2.75) is 6.54 Å². The molecule has 3 aromatic rings. The normalized spacial score (nSPS) is 11.4. The quantitative estimate of drug-likeness (QED) is 0.585. The van der Waals surface area contributed by atoms with Gasteiger partial charge in [0, 0.05) is 23.1 Å². The summed E-state index contributed by atoms with van der Waals surface area (Å²) in [5, 5.41) is 0.996. The summed E-state index contributed by atoms with van der Waals surface area (Å²) in [7, 11) is 0. The highest BCUT2D eigenvalue weighted by atomic mass is 14.9. The van der Waals surface area contributed by atoms with Crippen LogP contribution in [0.3, 0.4) is 0 Å². The maximum absolute atomic E-state index is 7.93. The van der Waals surface area contributed by atoms with Crippen molar-refractivity contribution in [3.05, 3.63) is 78.5 Å². The summed E-state index contributed by atoms with van der Waals surface area (Å²) in [6.45, 7) is 0.835. The number of fused-ring (bicyclic) bond motifs is 1. The van der Waals surface area contributed by atoms with Crippen molar-refractivity contribution in [3.63, 3.8) is 0 Å². The zero-order valence-electron chi connectivity index (χ0n) is 10.5.